The van der Waals surface area contributed by atoms with Gasteiger partial charge in [0, 0.05) is 18.7 Å². The van der Waals surface area contributed by atoms with E-state index in [9.17, 15) is 9.59 Å². The number of hydrogen-bond donors (Lipinski definition) is 1. The van der Waals surface area contributed by atoms with Gasteiger partial charge in [-0.1, -0.05) is 32.9 Å². The molecule has 0 aliphatic carbocycles. The standard InChI is InChI=1S/C24H29BrN2O3/c1-16(2)15-30-22-9-8-18(14-20(22)25)23(28)26-21-7-5-4-6-19(21)24(29)27-12-10-17(3)11-13-27/h4-9,14,16-17H,10-13,15H2,1-3H3,(H,26,28). The van der Waals surface area contributed by atoms with Crippen LogP contribution in [0.5, 0.6) is 5.75 Å². The molecule has 3 rings (SSSR count). The third-order valence-electron chi connectivity index (χ3n) is 5.24. The van der Waals surface area contributed by atoms with Crippen LogP contribution in [0.1, 0.15) is 54.3 Å². The van der Waals surface area contributed by atoms with Crippen LogP contribution in [0.2, 0.25) is 0 Å². The van der Waals surface area contributed by atoms with Crippen LogP contribution in [0, 0.1) is 11.8 Å². The van der Waals surface area contributed by atoms with E-state index >= 15 is 0 Å². The summed E-state index contributed by atoms with van der Waals surface area (Å²) in [6.07, 6.45) is 2.03. The summed E-state index contributed by atoms with van der Waals surface area (Å²) in [4.78, 5) is 27.7. The van der Waals surface area contributed by atoms with E-state index in [0.29, 0.717) is 41.0 Å². The van der Waals surface area contributed by atoms with E-state index in [1.807, 2.05) is 17.0 Å². The van der Waals surface area contributed by atoms with Gasteiger partial charge in [-0.2, -0.15) is 0 Å². The molecule has 6 heteroatoms. The van der Waals surface area contributed by atoms with Gasteiger partial charge < -0.3 is 15.0 Å². The minimum Gasteiger partial charge on any atom is -0.492 e. The number of anilines is 1. The van der Waals surface area contributed by atoms with E-state index in [-0.39, 0.29) is 11.8 Å². The molecule has 1 heterocycles. The summed E-state index contributed by atoms with van der Waals surface area (Å²) in [5, 5.41) is 2.90. The topological polar surface area (TPSA) is 58.6 Å². The van der Waals surface area contributed by atoms with Crippen LogP contribution < -0.4 is 10.1 Å². The van der Waals surface area contributed by atoms with Gasteiger partial charge in [0.25, 0.3) is 11.8 Å². The summed E-state index contributed by atoms with van der Waals surface area (Å²) in [7, 11) is 0. The number of rotatable bonds is 6. The number of nitrogens with zero attached hydrogens (tertiary/aromatic N) is 1. The van der Waals surface area contributed by atoms with Gasteiger partial charge in [-0.15, -0.1) is 0 Å². The molecule has 1 aliphatic heterocycles. The summed E-state index contributed by atoms with van der Waals surface area (Å²) in [5.41, 5.74) is 1.55. The molecule has 0 atom stereocenters. The fraction of sp³-hybridized carbons (Fsp3) is 0.417. The van der Waals surface area contributed by atoms with E-state index < -0.39 is 0 Å². The normalized spacial score (nSPS) is 14.6. The molecule has 0 saturated carbocycles. The Morgan fingerprint density at radius 2 is 1.87 bits per heavy atom. The van der Waals surface area contributed by atoms with Gasteiger partial charge in [0.1, 0.15) is 5.75 Å². The largest absolute Gasteiger partial charge is 0.492 e. The Morgan fingerprint density at radius 3 is 2.53 bits per heavy atom. The molecule has 1 aliphatic rings. The second kappa shape index (κ2) is 10.1. The second-order valence-corrected chi connectivity index (χ2v) is 9.18. The van der Waals surface area contributed by atoms with Crippen LogP contribution in [-0.2, 0) is 0 Å². The highest BCUT2D eigenvalue weighted by atomic mass is 79.9. The van der Waals surface area contributed by atoms with E-state index in [4.69, 9.17) is 4.74 Å². The number of carbonyl (C=O) groups is 2. The molecule has 2 amide bonds. The SMILES string of the molecule is CC(C)COc1ccc(C(=O)Nc2ccccc2C(=O)N2CCC(C)CC2)cc1Br. The smallest absolute Gasteiger partial charge is 0.255 e. The lowest BCUT2D eigenvalue weighted by Crippen LogP contribution is -2.38. The lowest BCUT2D eigenvalue weighted by atomic mass is 9.98. The average Bonchev–Trinajstić information content (AvgIpc) is 2.73. The number of benzene rings is 2. The molecule has 0 radical (unpaired) electrons. The number of para-hydroxylation sites is 1. The predicted octanol–water partition coefficient (Wildman–Crippen LogP) is 5.61. The minimum atomic E-state index is -0.265. The quantitative estimate of drug-likeness (QED) is 0.594. The maximum absolute atomic E-state index is 13.0. The van der Waals surface area contributed by atoms with E-state index in [1.54, 1.807) is 30.3 Å². The van der Waals surface area contributed by atoms with Crippen molar-refractivity contribution in [1.82, 2.24) is 4.90 Å². The molecule has 5 nitrogen and oxygen atoms in total. The number of amides is 2. The van der Waals surface area contributed by atoms with Crippen LogP contribution in [0.4, 0.5) is 5.69 Å². The summed E-state index contributed by atoms with van der Waals surface area (Å²) in [6, 6.07) is 12.4. The highest BCUT2D eigenvalue weighted by molar-refractivity contribution is 9.10. The number of likely N-dealkylation sites (tertiary alicyclic amines) is 1. The first-order valence-electron chi connectivity index (χ1n) is 10.5. The molecular weight excluding hydrogens is 444 g/mol. The van der Waals surface area contributed by atoms with Crippen LogP contribution >= 0.6 is 15.9 Å². The molecule has 2 aromatic carbocycles. The van der Waals surface area contributed by atoms with Crippen molar-refractivity contribution in [2.75, 3.05) is 25.0 Å². The van der Waals surface area contributed by atoms with Crippen LogP contribution in [0.25, 0.3) is 0 Å². The zero-order valence-corrected chi connectivity index (χ0v) is 19.4. The molecule has 1 N–H and O–H groups in total. The number of nitrogens with one attached hydrogen (secondary N) is 1. The Morgan fingerprint density at radius 1 is 1.17 bits per heavy atom. The number of hydrogen-bond acceptors (Lipinski definition) is 3. The Labute approximate surface area is 186 Å². The molecule has 0 spiro atoms. The third kappa shape index (κ3) is 5.63. The van der Waals surface area contributed by atoms with Gasteiger partial charge in [0.15, 0.2) is 0 Å². The first-order chi connectivity index (χ1) is 14.3. The highest BCUT2D eigenvalue weighted by Crippen LogP contribution is 2.28. The van der Waals surface area contributed by atoms with Crippen molar-refractivity contribution in [2.24, 2.45) is 11.8 Å². The monoisotopic (exact) mass is 472 g/mol. The Balaban J connectivity index is 1.73. The zero-order chi connectivity index (χ0) is 21.7. The Bertz CT molecular complexity index is 905. The molecule has 30 heavy (non-hydrogen) atoms. The van der Waals surface area contributed by atoms with Crippen molar-refractivity contribution < 1.29 is 14.3 Å². The zero-order valence-electron chi connectivity index (χ0n) is 17.8. The van der Waals surface area contributed by atoms with Crippen molar-refractivity contribution in [1.29, 1.82) is 0 Å². The summed E-state index contributed by atoms with van der Waals surface area (Å²) in [6.45, 7) is 8.50. The average molecular weight is 473 g/mol. The van der Waals surface area contributed by atoms with E-state index in [1.165, 1.54) is 0 Å². The third-order valence-corrected chi connectivity index (χ3v) is 5.86. The maximum Gasteiger partial charge on any atom is 0.255 e. The van der Waals surface area contributed by atoms with Crippen molar-refractivity contribution >= 4 is 33.4 Å². The minimum absolute atomic E-state index is 0.0311. The molecular formula is C24H29BrN2O3. The van der Waals surface area contributed by atoms with E-state index in [2.05, 4.69) is 42.0 Å². The molecule has 0 aromatic heterocycles. The first kappa shape index (κ1) is 22.3. The van der Waals surface area contributed by atoms with Crippen molar-refractivity contribution in [3.05, 3.63) is 58.1 Å². The maximum atomic E-state index is 13.0. The number of carbonyl (C=O) groups excluding carboxylic acids is 2. The van der Waals surface area contributed by atoms with Gasteiger partial charge in [0.2, 0.25) is 0 Å². The molecule has 2 aromatic rings. The summed E-state index contributed by atoms with van der Waals surface area (Å²) in [5.74, 6) is 1.47. The Hall–Kier alpha value is -2.34. The summed E-state index contributed by atoms with van der Waals surface area (Å²) >= 11 is 3.48. The lowest BCUT2D eigenvalue weighted by molar-refractivity contribution is 0.0698. The molecule has 0 unspecified atom stereocenters. The van der Waals surface area contributed by atoms with Crippen molar-refractivity contribution in [3.8, 4) is 5.75 Å². The number of ether oxygens (including phenoxy) is 1. The van der Waals surface area contributed by atoms with Gasteiger partial charge in [-0.25, -0.2) is 0 Å². The molecule has 1 saturated heterocycles. The second-order valence-electron chi connectivity index (χ2n) is 8.32. The predicted molar refractivity (Wildman–Crippen MR) is 123 cm³/mol. The lowest BCUT2D eigenvalue weighted by Gasteiger charge is -2.30. The van der Waals surface area contributed by atoms with Gasteiger partial charge in [-0.05, 0) is 70.9 Å². The van der Waals surface area contributed by atoms with E-state index in [0.717, 1.165) is 30.4 Å². The number of halogens is 1. The van der Waals surface area contributed by atoms with Crippen LogP contribution in [-0.4, -0.2) is 36.4 Å². The van der Waals surface area contributed by atoms with Gasteiger partial charge in [0.05, 0.1) is 22.3 Å². The first-order valence-corrected chi connectivity index (χ1v) is 11.3. The van der Waals surface area contributed by atoms with Crippen LogP contribution in [0.15, 0.2) is 46.9 Å². The van der Waals surface area contributed by atoms with Crippen molar-refractivity contribution in [3.63, 3.8) is 0 Å². The molecule has 1 fully saturated rings. The molecule has 0 bridgehead atoms. The van der Waals surface area contributed by atoms with Gasteiger partial charge >= 0.3 is 0 Å². The fourth-order valence-electron chi connectivity index (χ4n) is 3.37. The summed E-state index contributed by atoms with van der Waals surface area (Å²) < 4.78 is 6.47. The molecule has 160 valence electrons. The Kier molecular flexibility index (Phi) is 7.53. The fourth-order valence-corrected chi connectivity index (χ4v) is 3.86. The van der Waals surface area contributed by atoms with Crippen molar-refractivity contribution in [2.45, 2.75) is 33.6 Å². The van der Waals surface area contributed by atoms with Gasteiger partial charge in [-0.3, -0.25) is 9.59 Å². The number of piperidine rings is 1. The highest BCUT2D eigenvalue weighted by Gasteiger charge is 2.23. The van der Waals surface area contributed by atoms with Crippen LogP contribution in [0.3, 0.4) is 0 Å².